The third-order valence-electron chi connectivity index (χ3n) is 6.24. The second-order valence-electron chi connectivity index (χ2n) is 8.57. The van der Waals surface area contributed by atoms with Gasteiger partial charge >= 0.3 is 0 Å². The van der Waals surface area contributed by atoms with E-state index in [4.69, 9.17) is 0 Å². The minimum Gasteiger partial charge on any atom is -0.362 e. The number of hydrogen-bond donors (Lipinski definition) is 3. The monoisotopic (exact) mass is 438 g/mol. The number of nitrogens with one attached hydrogen (secondary N) is 3. The molecule has 0 unspecified atom stereocenters. The maximum absolute atomic E-state index is 13.1. The summed E-state index contributed by atoms with van der Waals surface area (Å²) >= 11 is 0. The van der Waals surface area contributed by atoms with Crippen LogP contribution in [0.1, 0.15) is 47.7 Å². The van der Waals surface area contributed by atoms with Crippen LogP contribution in [0, 0.1) is 12.7 Å². The average Bonchev–Trinajstić information content (AvgIpc) is 2.91. The highest BCUT2D eigenvalue weighted by atomic mass is 19.1. The molecule has 0 aliphatic carbocycles. The molecule has 1 fully saturated rings. The van der Waals surface area contributed by atoms with E-state index >= 15 is 0 Å². The number of rotatable bonds is 4. The molecule has 2 aliphatic rings. The first-order valence-electron chi connectivity index (χ1n) is 10.8. The number of fused-ring (bicyclic) bond motifs is 1. The Hall–Kier alpha value is -3.42. The lowest BCUT2D eigenvalue weighted by molar-refractivity contribution is -0.139. The zero-order valence-corrected chi connectivity index (χ0v) is 18.2. The van der Waals surface area contributed by atoms with Crippen LogP contribution >= 0.6 is 0 Å². The summed E-state index contributed by atoms with van der Waals surface area (Å²) in [5, 5.41) is 9.30. The van der Waals surface area contributed by atoms with E-state index in [9.17, 15) is 18.8 Å². The van der Waals surface area contributed by atoms with Crippen LogP contribution in [-0.2, 0) is 16.1 Å². The third-order valence-corrected chi connectivity index (χ3v) is 6.24. The van der Waals surface area contributed by atoms with Crippen LogP contribution in [0.3, 0.4) is 0 Å². The van der Waals surface area contributed by atoms with Crippen LogP contribution in [0.25, 0.3) is 0 Å². The van der Waals surface area contributed by atoms with Gasteiger partial charge in [0.25, 0.3) is 5.91 Å². The molecule has 3 amide bonds. The van der Waals surface area contributed by atoms with E-state index in [1.165, 1.54) is 12.1 Å². The van der Waals surface area contributed by atoms with Crippen molar-refractivity contribution < 1.29 is 18.8 Å². The van der Waals surface area contributed by atoms with Crippen molar-refractivity contribution in [3.05, 3.63) is 65.0 Å². The van der Waals surface area contributed by atoms with Gasteiger partial charge < -0.3 is 20.9 Å². The van der Waals surface area contributed by atoms with Gasteiger partial charge in [-0.3, -0.25) is 14.4 Å². The Kier molecular flexibility index (Phi) is 5.86. The first-order chi connectivity index (χ1) is 15.3. The number of nitrogens with zero attached hydrogens (tertiary/aromatic N) is 1. The Balaban J connectivity index is 1.42. The zero-order chi connectivity index (χ0) is 22.9. The summed E-state index contributed by atoms with van der Waals surface area (Å²) in [6.45, 7) is 4.24. The van der Waals surface area contributed by atoms with Crippen molar-refractivity contribution >= 4 is 23.4 Å². The second-order valence-corrected chi connectivity index (χ2v) is 8.57. The summed E-state index contributed by atoms with van der Waals surface area (Å²) in [4.78, 5) is 39.8. The van der Waals surface area contributed by atoms with Crippen molar-refractivity contribution in [2.45, 2.75) is 51.4 Å². The molecule has 0 aromatic heterocycles. The minimum absolute atomic E-state index is 0.127. The van der Waals surface area contributed by atoms with Gasteiger partial charge in [0.1, 0.15) is 17.5 Å². The quantitative estimate of drug-likeness (QED) is 0.685. The Morgan fingerprint density at radius 3 is 2.66 bits per heavy atom. The van der Waals surface area contributed by atoms with Gasteiger partial charge in [0.15, 0.2) is 0 Å². The van der Waals surface area contributed by atoms with E-state index in [0.717, 1.165) is 16.8 Å². The van der Waals surface area contributed by atoms with Crippen molar-refractivity contribution in [1.29, 1.82) is 0 Å². The number of amides is 3. The number of likely N-dealkylation sites (tertiary alicyclic amines) is 1. The predicted octanol–water partition coefficient (Wildman–Crippen LogP) is 2.70. The summed E-state index contributed by atoms with van der Waals surface area (Å²) in [6.07, 6.45) is 1.13. The first kappa shape index (κ1) is 21.8. The molecule has 32 heavy (non-hydrogen) atoms. The van der Waals surface area contributed by atoms with Gasteiger partial charge in [-0.1, -0.05) is 18.2 Å². The Labute approximate surface area is 186 Å². The third kappa shape index (κ3) is 4.44. The van der Waals surface area contributed by atoms with Crippen LogP contribution in [0.5, 0.6) is 0 Å². The molecule has 7 nitrogen and oxygen atoms in total. The molecule has 2 aromatic rings. The number of anilines is 1. The molecule has 2 aromatic carbocycles. The van der Waals surface area contributed by atoms with Crippen LogP contribution < -0.4 is 16.0 Å². The highest BCUT2D eigenvalue weighted by Gasteiger charge is 2.41. The van der Waals surface area contributed by atoms with Gasteiger partial charge in [0, 0.05) is 31.6 Å². The topological polar surface area (TPSA) is 90.5 Å². The van der Waals surface area contributed by atoms with Gasteiger partial charge in [-0.25, -0.2) is 4.39 Å². The zero-order valence-electron chi connectivity index (χ0n) is 18.2. The van der Waals surface area contributed by atoms with Crippen LogP contribution in [-0.4, -0.2) is 40.9 Å². The minimum atomic E-state index is -0.730. The summed E-state index contributed by atoms with van der Waals surface area (Å²) < 4.78 is 13.1. The molecule has 4 rings (SSSR count). The largest absolute Gasteiger partial charge is 0.362 e. The maximum Gasteiger partial charge on any atom is 0.255 e. The molecule has 168 valence electrons. The fourth-order valence-corrected chi connectivity index (χ4v) is 4.30. The second kappa shape index (κ2) is 8.61. The van der Waals surface area contributed by atoms with E-state index in [1.54, 1.807) is 30.0 Å². The molecule has 1 saturated heterocycles. The summed E-state index contributed by atoms with van der Waals surface area (Å²) in [5.74, 6) is -0.902. The number of aryl methyl sites for hydroxylation is 1. The lowest BCUT2D eigenvalue weighted by atomic mass is 9.94. The molecule has 0 radical (unpaired) electrons. The van der Waals surface area contributed by atoms with Gasteiger partial charge in [-0.05, 0) is 55.7 Å². The molecule has 1 spiro atoms. The maximum atomic E-state index is 13.1. The van der Waals surface area contributed by atoms with Crippen LogP contribution in [0.15, 0.2) is 42.5 Å². The molecule has 2 atom stereocenters. The van der Waals surface area contributed by atoms with E-state index in [0.29, 0.717) is 24.9 Å². The van der Waals surface area contributed by atoms with Crippen molar-refractivity contribution in [2.24, 2.45) is 0 Å². The molecule has 2 heterocycles. The normalized spacial score (nSPS) is 21.3. The smallest absolute Gasteiger partial charge is 0.255 e. The first-order valence-corrected chi connectivity index (χ1v) is 10.8. The van der Waals surface area contributed by atoms with Gasteiger partial charge in [-0.2, -0.15) is 0 Å². The van der Waals surface area contributed by atoms with E-state index in [2.05, 4.69) is 16.0 Å². The standard InChI is InChI=1S/C24H27FN4O3/c1-15-3-8-19-20(13-15)27-24(28-23(19)32)10-9-21(30)29(12-11-24)16(2)22(31)26-14-17-4-6-18(25)7-5-17/h3-8,13,16,27H,9-12,14H2,1-2H3,(H,26,31)(H,28,32)/t16-,24-/m0/s1. The van der Waals surface area contributed by atoms with Gasteiger partial charge in [0.05, 0.1) is 5.56 Å². The summed E-state index contributed by atoms with van der Waals surface area (Å²) in [5.41, 5.74) is 2.43. The van der Waals surface area contributed by atoms with Crippen LogP contribution in [0.4, 0.5) is 10.1 Å². The van der Waals surface area contributed by atoms with Crippen molar-refractivity contribution in [3.8, 4) is 0 Å². The molecule has 0 bridgehead atoms. The average molecular weight is 439 g/mol. The number of carbonyl (C=O) groups is 3. The Morgan fingerprint density at radius 2 is 1.91 bits per heavy atom. The van der Waals surface area contributed by atoms with E-state index < -0.39 is 11.7 Å². The molecule has 2 aliphatic heterocycles. The lowest BCUT2D eigenvalue weighted by Gasteiger charge is -2.40. The van der Waals surface area contributed by atoms with Crippen molar-refractivity contribution in [2.75, 3.05) is 11.9 Å². The van der Waals surface area contributed by atoms with Crippen molar-refractivity contribution in [1.82, 2.24) is 15.5 Å². The Bertz CT molecular complexity index is 1060. The Morgan fingerprint density at radius 1 is 1.16 bits per heavy atom. The van der Waals surface area contributed by atoms with E-state index in [1.807, 2.05) is 19.1 Å². The molecule has 3 N–H and O–H groups in total. The van der Waals surface area contributed by atoms with Gasteiger partial charge in [0.2, 0.25) is 11.8 Å². The van der Waals surface area contributed by atoms with Crippen molar-refractivity contribution in [3.63, 3.8) is 0 Å². The lowest BCUT2D eigenvalue weighted by Crippen LogP contribution is -2.58. The van der Waals surface area contributed by atoms with Gasteiger partial charge in [-0.15, -0.1) is 0 Å². The summed E-state index contributed by atoms with van der Waals surface area (Å²) in [7, 11) is 0. The molecular weight excluding hydrogens is 411 g/mol. The fraction of sp³-hybridized carbons (Fsp3) is 0.375. The number of halogens is 1. The predicted molar refractivity (Wildman–Crippen MR) is 118 cm³/mol. The fourth-order valence-electron chi connectivity index (χ4n) is 4.30. The van der Waals surface area contributed by atoms with E-state index in [-0.39, 0.29) is 36.5 Å². The molecular formula is C24H27FN4O3. The highest BCUT2D eigenvalue weighted by molar-refractivity contribution is 6.02. The summed E-state index contributed by atoms with van der Waals surface area (Å²) in [6, 6.07) is 10.9. The molecule has 0 saturated carbocycles. The SMILES string of the molecule is Cc1ccc2c(c1)N[C@@]1(CCC(=O)N([C@@H](C)C(=O)NCc3ccc(F)cc3)CC1)NC2=O. The number of hydrogen-bond acceptors (Lipinski definition) is 4. The number of carbonyl (C=O) groups excluding carboxylic acids is 3. The number of benzene rings is 2. The molecule has 8 heteroatoms. The van der Waals surface area contributed by atoms with Crippen LogP contribution in [0.2, 0.25) is 0 Å². The highest BCUT2D eigenvalue weighted by Crippen LogP contribution is 2.32.